The molecule has 0 unspecified atom stereocenters. The molecular weight excluding hydrogens is 195 g/mol. The molecule has 4 nitrogen and oxygen atoms in total. The van der Waals surface area contributed by atoms with Gasteiger partial charge in [-0.15, -0.1) is 0 Å². The highest BCUT2D eigenvalue weighted by atomic mass is 19.3. The predicted octanol–water partition coefficient (Wildman–Crippen LogP) is -0.329. The summed E-state index contributed by atoms with van der Waals surface area (Å²) in [5, 5.41) is 17.6. The summed E-state index contributed by atoms with van der Waals surface area (Å²) in [7, 11) is -1.66. The van der Waals surface area contributed by atoms with Crippen LogP contribution in [0, 0.1) is 6.92 Å². The van der Waals surface area contributed by atoms with Crippen LogP contribution in [0.1, 0.15) is 5.69 Å². The van der Waals surface area contributed by atoms with Crippen molar-refractivity contribution in [3.63, 3.8) is 0 Å². The van der Waals surface area contributed by atoms with Gasteiger partial charge in [-0.05, 0) is 6.92 Å². The number of aromatic nitrogens is 1. The van der Waals surface area contributed by atoms with Crippen LogP contribution in [0.15, 0.2) is 12.1 Å². The Bertz CT molecular complexity index is 322. The Hall–Kier alpha value is -1.21. The standard InChI is InChI=1S/C7H8BF2NO3/c1-4-5(8(12)13)2-3-6(11-4)14-7(9)10/h2-3,7,12-13H,1H3. The van der Waals surface area contributed by atoms with E-state index < -0.39 is 13.7 Å². The van der Waals surface area contributed by atoms with Gasteiger partial charge in [0.1, 0.15) is 0 Å². The van der Waals surface area contributed by atoms with Crippen LogP contribution in [0.2, 0.25) is 0 Å². The van der Waals surface area contributed by atoms with Crippen molar-refractivity contribution in [3.05, 3.63) is 17.8 Å². The highest BCUT2D eigenvalue weighted by molar-refractivity contribution is 6.59. The molecule has 1 rings (SSSR count). The van der Waals surface area contributed by atoms with E-state index in [1.54, 1.807) is 0 Å². The zero-order valence-electron chi connectivity index (χ0n) is 7.32. The fraction of sp³-hybridized carbons (Fsp3) is 0.286. The minimum absolute atomic E-state index is 0.159. The number of pyridine rings is 1. The average Bonchev–Trinajstić information content (AvgIpc) is 2.01. The quantitative estimate of drug-likeness (QED) is 0.660. The average molecular weight is 203 g/mol. The Morgan fingerprint density at radius 3 is 2.50 bits per heavy atom. The van der Waals surface area contributed by atoms with E-state index >= 15 is 0 Å². The summed E-state index contributed by atoms with van der Waals surface area (Å²) in [6.45, 7) is -1.47. The smallest absolute Gasteiger partial charge is 0.423 e. The van der Waals surface area contributed by atoms with Gasteiger partial charge in [0.25, 0.3) is 0 Å². The molecule has 76 valence electrons. The largest absolute Gasteiger partial charge is 0.490 e. The van der Waals surface area contributed by atoms with Gasteiger partial charge in [0, 0.05) is 17.2 Å². The Morgan fingerprint density at radius 2 is 2.07 bits per heavy atom. The second-order valence-corrected chi connectivity index (χ2v) is 2.58. The minimum Gasteiger partial charge on any atom is -0.423 e. The second-order valence-electron chi connectivity index (χ2n) is 2.58. The number of alkyl halides is 2. The third kappa shape index (κ3) is 2.64. The first-order valence-electron chi connectivity index (χ1n) is 3.79. The Balaban J connectivity index is 2.89. The first-order chi connectivity index (χ1) is 6.50. The van der Waals surface area contributed by atoms with Gasteiger partial charge in [0.15, 0.2) is 0 Å². The fourth-order valence-electron chi connectivity index (χ4n) is 0.979. The van der Waals surface area contributed by atoms with Gasteiger partial charge in [-0.25, -0.2) is 4.98 Å². The third-order valence-electron chi connectivity index (χ3n) is 1.59. The van der Waals surface area contributed by atoms with Crippen molar-refractivity contribution in [2.24, 2.45) is 0 Å². The zero-order valence-corrected chi connectivity index (χ0v) is 7.32. The van der Waals surface area contributed by atoms with E-state index in [9.17, 15) is 8.78 Å². The summed E-state index contributed by atoms with van der Waals surface area (Å²) >= 11 is 0. The maximum Gasteiger partial charge on any atom is 0.490 e. The van der Waals surface area contributed by atoms with Gasteiger partial charge in [-0.3, -0.25) is 0 Å². The van der Waals surface area contributed by atoms with E-state index in [2.05, 4.69) is 9.72 Å². The molecule has 0 amide bonds. The molecule has 14 heavy (non-hydrogen) atoms. The maximum atomic E-state index is 11.8. The first kappa shape index (κ1) is 10.9. The lowest BCUT2D eigenvalue weighted by molar-refractivity contribution is -0.0528. The molecule has 0 saturated heterocycles. The van der Waals surface area contributed by atoms with E-state index in [4.69, 9.17) is 10.0 Å². The summed E-state index contributed by atoms with van der Waals surface area (Å²) in [6.07, 6.45) is 0. The molecule has 0 aliphatic heterocycles. The second kappa shape index (κ2) is 4.34. The Kier molecular flexibility index (Phi) is 3.37. The number of rotatable bonds is 3. The van der Waals surface area contributed by atoms with E-state index in [-0.39, 0.29) is 17.0 Å². The molecule has 0 aromatic carbocycles. The van der Waals surface area contributed by atoms with Gasteiger partial charge >= 0.3 is 13.7 Å². The number of halogens is 2. The maximum absolute atomic E-state index is 11.8. The van der Waals surface area contributed by atoms with Crippen molar-refractivity contribution in [2.45, 2.75) is 13.5 Å². The van der Waals surface area contributed by atoms with Crippen molar-refractivity contribution in [2.75, 3.05) is 0 Å². The molecule has 0 fully saturated rings. The van der Waals surface area contributed by atoms with Crippen LogP contribution in [0.3, 0.4) is 0 Å². The van der Waals surface area contributed by atoms with Gasteiger partial charge < -0.3 is 14.8 Å². The zero-order chi connectivity index (χ0) is 10.7. The van der Waals surface area contributed by atoms with Gasteiger partial charge in [0.2, 0.25) is 5.88 Å². The van der Waals surface area contributed by atoms with Crippen LogP contribution >= 0.6 is 0 Å². The summed E-state index contributed by atoms with van der Waals surface area (Å²) in [4.78, 5) is 3.61. The first-order valence-corrected chi connectivity index (χ1v) is 3.79. The van der Waals surface area contributed by atoms with Crippen molar-refractivity contribution in [1.82, 2.24) is 4.98 Å². The molecule has 0 saturated carbocycles. The molecule has 1 aromatic rings. The normalized spacial score (nSPS) is 10.4. The Morgan fingerprint density at radius 1 is 1.43 bits per heavy atom. The number of aryl methyl sites for hydroxylation is 1. The molecule has 0 spiro atoms. The monoisotopic (exact) mass is 203 g/mol. The minimum atomic E-state index is -2.94. The SMILES string of the molecule is Cc1nc(OC(F)F)ccc1B(O)O. The number of nitrogens with zero attached hydrogens (tertiary/aromatic N) is 1. The summed E-state index contributed by atoms with van der Waals surface area (Å²) < 4.78 is 27.5. The van der Waals surface area contributed by atoms with Crippen molar-refractivity contribution < 1.29 is 23.6 Å². The van der Waals surface area contributed by atoms with Crippen LogP contribution in [-0.4, -0.2) is 28.8 Å². The van der Waals surface area contributed by atoms with Crippen LogP contribution in [-0.2, 0) is 0 Å². The van der Waals surface area contributed by atoms with Crippen molar-refractivity contribution in [3.8, 4) is 5.88 Å². The number of ether oxygens (including phenoxy) is 1. The van der Waals surface area contributed by atoms with E-state index in [0.29, 0.717) is 0 Å². The van der Waals surface area contributed by atoms with E-state index in [1.165, 1.54) is 13.0 Å². The topological polar surface area (TPSA) is 62.6 Å². The lowest BCUT2D eigenvalue weighted by atomic mass is 9.79. The highest BCUT2D eigenvalue weighted by Crippen LogP contribution is 2.09. The molecule has 0 aliphatic rings. The molecule has 0 atom stereocenters. The third-order valence-corrected chi connectivity index (χ3v) is 1.59. The number of hydrogen-bond donors (Lipinski definition) is 2. The molecule has 2 N–H and O–H groups in total. The highest BCUT2D eigenvalue weighted by Gasteiger charge is 2.16. The molecule has 7 heteroatoms. The van der Waals surface area contributed by atoms with Crippen LogP contribution in [0.25, 0.3) is 0 Å². The summed E-state index contributed by atoms with van der Waals surface area (Å²) in [6, 6.07) is 2.42. The van der Waals surface area contributed by atoms with Gasteiger partial charge in [-0.1, -0.05) is 6.07 Å². The van der Waals surface area contributed by atoms with Crippen LogP contribution in [0.5, 0.6) is 5.88 Å². The lowest BCUT2D eigenvalue weighted by Crippen LogP contribution is -2.32. The Labute approximate surface area is 79.3 Å². The molecule has 0 aliphatic carbocycles. The summed E-state index contributed by atoms with van der Waals surface area (Å²) in [5.41, 5.74) is 0.393. The number of hydrogen-bond acceptors (Lipinski definition) is 4. The van der Waals surface area contributed by atoms with Crippen molar-refractivity contribution >= 4 is 12.6 Å². The van der Waals surface area contributed by atoms with Crippen LogP contribution in [0.4, 0.5) is 8.78 Å². The van der Waals surface area contributed by atoms with Crippen molar-refractivity contribution in [1.29, 1.82) is 0 Å². The van der Waals surface area contributed by atoms with Crippen LogP contribution < -0.4 is 10.2 Å². The lowest BCUT2D eigenvalue weighted by Gasteiger charge is -2.07. The molecule has 0 bridgehead atoms. The van der Waals surface area contributed by atoms with Gasteiger partial charge in [-0.2, -0.15) is 8.78 Å². The fourth-order valence-corrected chi connectivity index (χ4v) is 0.979. The molecule has 1 aromatic heterocycles. The molecular formula is C7H8BF2NO3. The molecule has 1 heterocycles. The summed E-state index contributed by atoms with van der Waals surface area (Å²) in [5.74, 6) is -0.248. The van der Waals surface area contributed by atoms with Gasteiger partial charge in [0.05, 0.1) is 0 Å². The van der Waals surface area contributed by atoms with E-state index in [1.807, 2.05) is 0 Å². The van der Waals surface area contributed by atoms with E-state index in [0.717, 1.165) is 6.07 Å². The molecule has 0 radical (unpaired) electrons. The predicted molar refractivity (Wildman–Crippen MR) is 45.4 cm³/mol.